The summed E-state index contributed by atoms with van der Waals surface area (Å²) >= 11 is 0. The number of rotatable bonds is 6. The van der Waals surface area contributed by atoms with E-state index in [-0.39, 0.29) is 11.5 Å². The zero-order valence-corrected chi connectivity index (χ0v) is 14.3. The number of benzene rings is 1. The van der Waals surface area contributed by atoms with Crippen LogP contribution in [-0.4, -0.2) is 30.3 Å². The van der Waals surface area contributed by atoms with Gasteiger partial charge in [0.05, 0.1) is 0 Å². The standard InChI is InChI=1S/C18H26NO4/c1-12(19-14(17(20)21)7-8-18(2,3)4)13-5-6-15-16(11-13)23-10-9-22-15/h5-6,11-12,14H,7-10H2,1-4H3,(H,20,21)/q-1/t12-,14?/m0/s1. The van der Waals surface area contributed by atoms with Gasteiger partial charge in [0.25, 0.3) is 5.97 Å². The Hall–Kier alpha value is -1.75. The number of carboxylic acid groups (broad SMARTS) is 1. The highest BCUT2D eigenvalue weighted by Gasteiger charge is 2.17. The van der Waals surface area contributed by atoms with Crippen molar-refractivity contribution in [3.63, 3.8) is 0 Å². The lowest BCUT2D eigenvalue weighted by Gasteiger charge is -2.36. The first kappa shape index (κ1) is 17.6. The van der Waals surface area contributed by atoms with E-state index in [0.29, 0.717) is 25.4 Å². The lowest BCUT2D eigenvalue weighted by molar-refractivity contribution is -0.138. The highest BCUT2D eigenvalue weighted by molar-refractivity contribution is 5.76. The fraction of sp³-hybridized carbons (Fsp3) is 0.611. The van der Waals surface area contributed by atoms with E-state index in [9.17, 15) is 9.90 Å². The lowest BCUT2D eigenvalue weighted by Crippen LogP contribution is -2.23. The minimum Gasteiger partial charge on any atom is -0.644 e. The van der Waals surface area contributed by atoms with Crippen LogP contribution in [0.1, 0.15) is 52.1 Å². The van der Waals surface area contributed by atoms with E-state index in [1.807, 2.05) is 25.1 Å². The van der Waals surface area contributed by atoms with Crippen LogP contribution in [0.4, 0.5) is 0 Å². The maximum atomic E-state index is 11.5. The minimum absolute atomic E-state index is 0.101. The summed E-state index contributed by atoms with van der Waals surface area (Å²) < 4.78 is 11.1. The van der Waals surface area contributed by atoms with Crippen LogP contribution in [0, 0.1) is 5.41 Å². The van der Waals surface area contributed by atoms with Gasteiger partial charge in [-0.1, -0.05) is 45.7 Å². The molecule has 1 aliphatic rings. The van der Waals surface area contributed by atoms with E-state index < -0.39 is 12.0 Å². The van der Waals surface area contributed by atoms with E-state index in [4.69, 9.17) is 9.47 Å². The third-order valence-electron chi connectivity index (χ3n) is 3.91. The minimum atomic E-state index is -0.862. The molecule has 1 heterocycles. The zero-order chi connectivity index (χ0) is 17.0. The van der Waals surface area contributed by atoms with Crippen molar-refractivity contribution in [1.82, 2.24) is 0 Å². The Labute approximate surface area is 138 Å². The quantitative estimate of drug-likeness (QED) is 0.854. The number of ether oxygens (including phenoxy) is 2. The molecule has 0 saturated carbocycles. The molecule has 1 aliphatic heterocycles. The molecule has 1 aromatic rings. The molecule has 1 unspecified atom stereocenters. The van der Waals surface area contributed by atoms with Crippen molar-refractivity contribution < 1.29 is 19.4 Å². The van der Waals surface area contributed by atoms with Gasteiger partial charge in [-0.25, -0.2) is 0 Å². The Morgan fingerprint density at radius 3 is 2.52 bits per heavy atom. The molecule has 0 saturated heterocycles. The Kier molecular flexibility index (Phi) is 5.52. The van der Waals surface area contributed by atoms with Crippen LogP contribution in [0.5, 0.6) is 11.5 Å². The first-order valence-electron chi connectivity index (χ1n) is 8.08. The summed E-state index contributed by atoms with van der Waals surface area (Å²) in [6.07, 6.45) is 1.37. The van der Waals surface area contributed by atoms with Crippen molar-refractivity contribution in [2.75, 3.05) is 13.2 Å². The van der Waals surface area contributed by atoms with Crippen molar-refractivity contribution in [3.05, 3.63) is 29.1 Å². The fourth-order valence-electron chi connectivity index (χ4n) is 2.51. The molecule has 0 aromatic heterocycles. The van der Waals surface area contributed by atoms with E-state index in [1.165, 1.54) is 0 Å². The molecule has 0 spiro atoms. The summed E-state index contributed by atoms with van der Waals surface area (Å²) in [6, 6.07) is 4.79. The van der Waals surface area contributed by atoms with Crippen molar-refractivity contribution >= 4 is 5.97 Å². The fourth-order valence-corrected chi connectivity index (χ4v) is 2.51. The molecule has 2 rings (SSSR count). The summed E-state index contributed by atoms with van der Waals surface area (Å²) in [6.45, 7) is 9.33. The van der Waals surface area contributed by atoms with Gasteiger partial charge < -0.3 is 19.9 Å². The summed E-state index contributed by atoms with van der Waals surface area (Å²) in [5.41, 5.74) is 1.04. The van der Waals surface area contributed by atoms with Gasteiger partial charge in [-0.15, -0.1) is 6.04 Å². The van der Waals surface area contributed by atoms with Crippen molar-refractivity contribution in [3.8, 4) is 11.5 Å². The van der Waals surface area contributed by atoms with Gasteiger partial charge in [0, 0.05) is 0 Å². The van der Waals surface area contributed by atoms with Gasteiger partial charge in [-0.2, -0.15) is 0 Å². The smallest absolute Gasteiger partial charge is 0.285 e. The summed E-state index contributed by atoms with van der Waals surface area (Å²) in [5, 5.41) is 13.9. The third kappa shape index (κ3) is 5.13. The number of nitrogens with zero attached hydrogens (tertiary/aromatic N) is 1. The molecule has 0 bridgehead atoms. The van der Waals surface area contributed by atoms with Crippen LogP contribution in [0.3, 0.4) is 0 Å². The topological polar surface area (TPSA) is 69.9 Å². The van der Waals surface area contributed by atoms with Crippen molar-refractivity contribution in [2.45, 2.75) is 52.6 Å². The zero-order valence-electron chi connectivity index (χ0n) is 14.3. The van der Waals surface area contributed by atoms with Gasteiger partial charge in [0.15, 0.2) is 11.5 Å². The molecule has 0 aliphatic carbocycles. The van der Waals surface area contributed by atoms with E-state index in [0.717, 1.165) is 17.7 Å². The van der Waals surface area contributed by atoms with Crippen LogP contribution in [0.2, 0.25) is 0 Å². The molecule has 0 radical (unpaired) electrons. The van der Waals surface area contributed by atoms with Gasteiger partial charge in [-0.3, -0.25) is 4.79 Å². The lowest BCUT2D eigenvalue weighted by atomic mass is 9.88. The number of aliphatic carboxylic acids is 1. The normalized spacial score (nSPS) is 16.7. The van der Waals surface area contributed by atoms with Crippen LogP contribution < -0.4 is 9.47 Å². The van der Waals surface area contributed by atoms with E-state index >= 15 is 0 Å². The number of fused-ring (bicyclic) bond motifs is 1. The molecule has 1 N–H and O–H groups in total. The first-order chi connectivity index (χ1) is 10.8. The van der Waals surface area contributed by atoms with Crippen LogP contribution in [0.15, 0.2) is 18.2 Å². The summed E-state index contributed by atoms with van der Waals surface area (Å²) in [5.74, 6) is 0.575. The first-order valence-corrected chi connectivity index (χ1v) is 8.08. The van der Waals surface area contributed by atoms with Crippen LogP contribution in [0.25, 0.3) is 5.32 Å². The highest BCUT2D eigenvalue weighted by atomic mass is 16.6. The van der Waals surface area contributed by atoms with E-state index in [1.54, 1.807) is 0 Å². The Morgan fingerprint density at radius 2 is 1.91 bits per heavy atom. The number of carbonyl (C=O) groups is 1. The van der Waals surface area contributed by atoms with E-state index in [2.05, 4.69) is 26.1 Å². The number of carboxylic acids is 1. The van der Waals surface area contributed by atoms with Crippen molar-refractivity contribution in [2.24, 2.45) is 5.41 Å². The van der Waals surface area contributed by atoms with Crippen LogP contribution in [-0.2, 0) is 4.79 Å². The summed E-state index contributed by atoms with van der Waals surface area (Å²) in [7, 11) is 0. The van der Waals surface area contributed by atoms with Gasteiger partial charge >= 0.3 is 0 Å². The van der Waals surface area contributed by atoms with Gasteiger partial charge in [-0.05, 0) is 30.0 Å². The molecule has 23 heavy (non-hydrogen) atoms. The molecule has 0 fully saturated rings. The predicted octanol–water partition coefficient (Wildman–Crippen LogP) is 4.17. The Bertz CT molecular complexity index is 550. The predicted molar refractivity (Wildman–Crippen MR) is 89.3 cm³/mol. The highest BCUT2D eigenvalue weighted by Crippen LogP contribution is 2.36. The monoisotopic (exact) mass is 320 g/mol. The summed E-state index contributed by atoms with van der Waals surface area (Å²) in [4.78, 5) is 11.5. The van der Waals surface area contributed by atoms with Gasteiger partial charge in [0.2, 0.25) is 0 Å². The van der Waals surface area contributed by atoms with Gasteiger partial charge in [0.1, 0.15) is 13.2 Å². The average molecular weight is 320 g/mol. The second kappa shape index (κ2) is 7.21. The third-order valence-corrected chi connectivity index (χ3v) is 3.91. The molecule has 5 heteroatoms. The molecule has 128 valence electrons. The number of hydrogen-bond acceptors (Lipinski definition) is 3. The molecule has 2 atom stereocenters. The molecule has 5 nitrogen and oxygen atoms in total. The maximum absolute atomic E-state index is 11.5. The SMILES string of the molecule is C[C@H]([N-]C(CCC(C)(C)C)C(=O)O)c1ccc2c(c1)OCCO2. The Balaban J connectivity index is 2.03. The van der Waals surface area contributed by atoms with Crippen LogP contribution >= 0.6 is 0 Å². The van der Waals surface area contributed by atoms with Crippen molar-refractivity contribution in [1.29, 1.82) is 0 Å². The molecular formula is C18H26NO4-. The molecular weight excluding hydrogens is 294 g/mol. The number of hydrogen-bond donors (Lipinski definition) is 1. The second-order valence-electron chi connectivity index (χ2n) is 7.18. The second-order valence-corrected chi connectivity index (χ2v) is 7.18. The molecule has 0 amide bonds. The Morgan fingerprint density at radius 1 is 1.26 bits per heavy atom. The average Bonchev–Trinajstić information content (AvgIpc) is 2.49. The maximum Gasteiger partial charge on any atom is 0.285 e. The molecule has 1 aromatic carbocycles. The largest absolute Gasteiger partial charge is 0.644 e.